The van der Waals surface area contributed by atoms with Gasteiger partial charge in [-0.3, -0.25) is 0 Å². The number of fused-ring (bicyclic) bond motifs is 4. The third-order valence-corrected chi connectivity index (χ3v) is 7.29. The van der Waals surface area contributed by atoms with Gasteiger partial charge in [-0.25, -0.2) is 9.97 Å². The second-order valence-electron chi connectivity index (χ2n) is 9.45. The van der Waals surface area contributed by atoms with E-state index >= 15 is 0 Å². The second kappa shape index (κ2) is 7.64. The SMILES string of the molecule is CC1=CCCC=C1N(c1ccccc1C)c1cccc2nc3c(nc12)-c1cccc2cccc-3c12. The summed E-state index contributed by atoms with van der Waals surface area (Å²) in [6.45, 7) is 4.39. The van der Waals surface area contributed by atoms with E-state index in [1.807, 2.05) is 0 Å². The van der Waals surface area contributed by atoms with Crippen LogP contribution in [-0.2, 0) is 0 Å². The van der Waals surface area contributed by atoms with E-state index in [-0.39, 0.29) is 0 Å². The molecule has 0 amide bonds. The molecule has 2 aliphatic rings. The van der Waals surface area contributed by atoms with Crippen LogP contribution in [0.3, 0.4) is 0 Å². The van der Waals surface area contributed by atoms with Gasteiger partial charge in [-0.05, 0) is 61.4 Å². The topological polar surface area (TPSA) is 29.0 Å². The summed E-state index contributed by atoms with van der Waals surface area (Å²) in [5.74, 6) is 0. The van der Waals surface area contributed by atoms with E-state index in [1.165, 1.54) is 44.4 Å². The summed E-state index contributed by atoms with van der Waals surface area (Å²) < 4.78 is 0. The Balaban J connectivity index is 1.52. The van der Waals surface area contributed by atoms with Gasteiger partial charge in [-0.2, -0.15) is 0 Å². The van der Waals surface area contributed by atoms with E-state index in [9.17, 15) is 0 Å². The summed E-state index contributed by atoms with van der Waals surface area (Å²) in [6, 6.07) is 27.9. The van der Waals surface area contributed by atoms with E-state index in [0.29, 0.717) is 0 Å². The number of anilines is 2. The quantitative estimate of drug-likeness (QED) is 0.270. The van der Waals surface area contributed by atoms with E-state index in [1.54, 1.807) is 0 Å². The Hall–Kier alpha value is -4.24. The smallest absolute Gasteiger partial charge is 0.113 e. The van der Waals surface area contributed by atoms with Crippen molar-refractivity contribution in [3.63, 3.8) is 0 Å². The normalized spacial score (nSPS) is 14.1. The number of nitrogens with zero attached hydrogens (tertiary/aromatic N) is 3. The van der Waals surface area contributed by atoms with Gasteiger partial charge < -0.3 is 4.90 Å². The van der Waals surface area contributed by atoms with Crippen molar-refractivity contribution in [3.8, 4) is 22.5 Å². The number of aromatic nitrogens is 2. The van der Waals surface area contributed by atoms with Gasteiger partial charge in [-0.1, -0.05) is 72.8 Å². The molecule has 168 valence electrons. The van der Waals surface area contributed by atoms with Crippen molar-refractivity contribution in [2.75, 3.05) is 4.90 Å². The maximum absolute atomic E-state index is 5.34. The first-order valence-corrected chi connectivity index (χ1v) is 12.3. The molecule has 0 fully saturated rings. The van der Waals surface area contributed by atoms with Crippen molar-refractivity contribution in [3.05, 3.63) is 108 Å². The van der Waals surface area contributed by atoms with Crippen molar-refractivity contribution in [1.29, 1.82) is 0 Å². The molecular formula is C32H25N3. The predicted molar refractivity (Wildman–Crippen MR) is 146 cm³/mol. The molecule has 3 heteroatoms. The molecule has 0 spiro atoms. The summed E-state index contributed by atoms with van der Waals surface area (Å²) in [6.07, 6.45) is 6.82. The first-order chi connectivity index (χ1) is 17.2. The Labute approximate surface area is 205 Å². The van der Waals surface area contributed by atoms with Crippen molar-refractivity contribution in [2.24, 2.45) is 0 Å². The van der Waals surface area contributed by atoms with Crippen molar-refractivity contribution in [2.45, 2.75) is 26.7 Å². The molecule has 0 aliphatic heterocycles. The van der Waals surface area contributed by atoms with Crippen LogP contribution in [0.25, 0.3) is 44.3 Å². The average molecular weight is 452 g/mol. The number of aryl methyl sites for hydroxylation is 1. The van der Waals surface area contributed by atoms with Gasteiger partial charge in [0.15, 0.2) is 0 Å². The van der Waals surface area contributed by atoms with Gasteiger partial charge >= 0.3 is 0 Å². The Bertz CT molecular complexity index is 1720. The number of hydrogen-bond acceptors (Lipinski definition) is 3. The summed E-state index contributed by atoms with van der Waals surface area (Å²) in [7, 11) is 0. The molecule has 0 N–H and O–H groups in total. The lowest BCUT2D eigenvalue weighted by atomic mass is 10.0. The molecule has 1 heterocycles. The minimum absolute atomic E-state index is 0.919. The molecular weight excluding hydrogens is 426 g/mol. The highest BCUT2D eigenvalue weighted by Crippen LogP contribution is 2.47. The molecule has 4 aromatic carbocycles. The molecule has 5 aromatic rings. The minimum atomic E-state index is 0.919. The van der Waals surface area contributed by atoms with Crippen LogP contribution < -0.4 is 4.90 Å². The van der Waals surface area contributed by atoms with E-state index in [2.05, 4.69) is 110 Å². The Kier molecular flexibility index (Phi) is 4.40. The molecule has 0 saturated carbocycles. The van der Waals surface area contributed by atoms with E-state index in [0.717, 1.165) is 41.0 Å². The van der Waals surface area contributed by atoms with Crippen LogP contribution >= 0.6 is 0 Å². The lowest BCUT2D eigenvalue weighted by molar-refractivity contribution is 0.966. The lowest BCUT2D eigenvalue weighted by Gasteiger charge is -2.31. The van der Waals surface area contributed by atoms with Crippen LogP contribution in [-0.4, -0.2) is 9.97 Å². The predicted octanol–water partition coefficient (Wildman–Crippen LogP) is 8.50. The fraction of sp³-hybridized carbons (Fsp3) is 0.125. The summed E-state index contributed by atoms with van der Waals surface area (Å²) >= 11 is 0. The summed E-state index contributed by atoms with van der Waals surface area (Å²) in [5, 5.41) is 2.49. The number of hydrogen-bond donors (Lipinski definition) is 0. The number of benzene rings is 4. The molecule has 2 aliphatic carbocycles. The average Bonchev–Trinajstić information content (AvgIpc) is 3.20. The molecule has 0 atom stereocenters. The fourth-order valence-corrected chi connectivity index (χ4v) is 5.61. The highest BCUT2D eigenvalue weighted by Gasteiger charge is 2.27. The number of allylic oxidation sites excluding steroid dienone is 3. The molecule has 0 saturated heterocycles. The Morgan fingerprint density at radius 1 is 0.657 bits per heavy atom. The van der Waals surface area contributed by atoms with Crippen molar-refractivity contribution >= 4 is 33.2 Å². The maximum Gasteiger partial charge on any atom is 0.113 e. The van der Waals surface area contributed by atoms with Gasteiger partial charge in [0.2, 0.25) is 0 Å². The monoisotopic (exact) mass is 451 g/mol. The maximum atomic E-state index is 5.34. The van der Waals surface area contributed by atoms with Gasteiger partial charge in [0, 0.05) is 27.9 Å². The van der Waals surface area contributed by atoms with Crippen molar-refractivity contribution in [1.82, 2.24) is 9.97 Å². The first kappa shape index (κ1) is 20.2. The molecule has 7 rings (SSSR count). The van der Waals surface area contributed by atoms with Crippen LogP contribution in [0.2, 0.25) is 0 Å². The zero-order valence-electron chi connectivity index (χ0n) is 19.9. The lowest BCUT2D eigenvalue weighted by Crippen LogP contribution is -2.20. The Morgan fingerprint density at radius 2 is 1.34 bits per heavy atom. The summed E-state index contributed by atoms with van der Waals surface area (Å²) in [4.78, 5) is 12.9. The third-order valence-electron chi connectivity index (χ3n) is 7.29. The standard InChI is InChI=1S/C32H25N3/c1-20-10-3-5-17-26(20)35(27-18-6-4-11-21(27)2)28-19-9-16-25-32(28)34-31-24-15-8-13-22-12-7-14-23(29(22)24)30(31)33-25/h3,5,7-19H,4,6H2,1-2H3. The molecule has 0 bridgehead atoms. The van der Waals surface area contributed by atoms with Crippen LogP contribution in [0.15, 0.2) is 102 Å². The zero-order valence-corrected chi connectivity index (χ0v) is 19.9. The molecule has 1 aromatic heterocycles. The van der Waals surface area contributed by atoms with Gasteiger partial charge in [-0.15, -0.1) is 0 Å². The van der Waals surface area contributed by atoms with Gasteiger partial charge in [0.25, 0.3) is 0 Å². The molecule has 0 radical (unpaired) electrons. The second-order valence-corrected chi connectivity index (χ2v) is 9.45. The van der Waals surface area contributed by atoms with Gasteiger partial charge in [0.05, 0.1) is 22.6 Å². The largest absolute Gasteiger partial charge is 0.308 e. The number of para-hydroxylation sites is 2. The van der Waals surface area contributed by atoms with Crippen molar-refractivity contribution < 1.29 is 0 Å². The minimum Gasteiger partial charge on any atom is -0.308 e. The van der Waals surface area contributed by atoms with Gasteiger partial charge in [0.1, 0.15) is 5.52 Å². The van der Waals surface area contributed by atoms with Crippen LogP contribution in [0.5, 0.6) is 0 Å². The Morgan fingerprint density at radius 3 is 2.11 bits per heavy atom. The van der Waals surface area contributed by atoms with Crippen LogP contribution in [0, 0.1) is 6.92 Å². The number of rotatable bonds is 3. The highest BCUT2D eigenvalue weighted by atomic mass is 15.2. The molecule has 0 unspecified atom stereocenters. The highest BCUT2D eigenvalue weighted by molar-refractivity contribution is 6.14. The van der Waals surface area contributed by atoms with E-state index in [4.69, 9.17) is 9.97 Å². The first-order valence-electron chi connectivity index (χ1n) is 12.3. The zero-order chi connectivity index (χ0) is 23.5. The summed E-state index contributed by atoms with van der Waals surface area (Å²) in [5.41, 5.74) is 12.2. The molecule has 35 heavy (non-hydrogen) atoms. The fourth-order valence-electron chi connectivity index (χ4n) is 5.61. The third kappa shape index (κ3) is 2.98. The van der Waals surface area contributed by atoms with E-state index < -0.39 is 0 Å². The van der Waals surface area contributed by atoms with Crippen LogP contribution in [0.4, 0.5) is 11.4 Å². The molecule has 3 nitrogen and oxygen atoms in total. The van der Waals surface area contributed by atoms with Crippen LogP contribution in [0.1, 0.15) is 25.3 Å².